The molecule has 1 aromatic rings. The Morgan fingerprint density at radius 3 is 2.74 bits per heavy atom. The molecule has 0 radical (unpaired) electrons. The van der Waals surface area contributed by atoms with Crippen LogP contribution in [0.25, 0.3) is 0 Å². The Kier molecular flexibility index (Phi) is 6.38. The number of amides is 1. The Labute approximate surface area is 137 Å². The van der Waals surface area contributed by atoms with Crippen LogP contribution in [0.5, 0.6) is 5.75 Å². The van der Waals surface area contributed by atoms with Crippen molar-refractivity contribution in [3.05, 3.63) is 29.8 Å². The van der Waals surface area contributed by atoms with Crippen LogP contribution in [0.1, 0.15) is 18.4 Å². The Balaban J connectivity index is 1.88. The van der Waals surface area contributed by atoms with Gasteiger partial charge in [0.15, 0.2) is 0 Å². The fourth-order valence-electron chi connectivity index (χ4n) is 2.89. The molecule has 6 nitrogen and oxygen atoms in total. The zero-order valence-electron chi connectivity index (χ0n) is 13.9. The molecule has 0 spiro atoms. The lowest BCUT2D eigenvalue weighted by Crippen LogP contribution is -2.55. The minimum absolute atomic E-state index is 0.0344. The lowest BCUT2D eigenvalue weighted by molar-refractivity contribution is -0.125. The second-order valence-corrected chi connectivity index (χ2v) is 5.94. The van der Waals surface area contributed by atoms with Crippen molar-refractivity contribution >= 4 is 5.91 Å². The van der Waals surface area contributed by atoms with Gasteiger partial charge in [0.1, 0.15) is 5.75 Å². The maximum Gasteiger partial charge on any atom is 0.234 e. The molecule has 6 heteroatoms. The van der Waals surface area contributed by atoms with Crippen molar-refractivity contribution in [2.75, 3.05) is 40.5 Å². The minimum atomic E-state index is -0.361. The minimum Gasteiger partial charge on any atom is -0.496 e. The molecule has 1 saturated heterocycles. The van der Waals surface area contributed by atoms with Crippen molar-refractivity contribution in [2.45, 2.75) is 24.9 Å². The Morgan fingerprint density at radius 2 is 2.09 bits per heavy atom. The average molecular weight is 322 g/mol. The molecular formula is C17H26N2O4. The molecule has 1 amide bonds. The first-order chi connectivity index (χ1) is 11.1. The summed E-state index contributed by atoms with van der Waals surface area (Å²) in [6.07, 6.45) is 1.47. The van der Waals surface area contributed by atoms with Gasteiger partial charge in [0.05, 0.1) is 20.3 Å². The molecule has 0 aliphatic carbocycles. The number of nitrogens with one attached hydrogen (secondary N) is 1. The average Bonchev–Trinajstić information content (AvgIpc) is 2.60. The highest BCUT2D eigenvalue weighted by Gasteiger charge is 2.36. The van der Waals surface area contributed by atoms with Gasteiger partial charge in [-0.2, -0.15) is 0 Å². The first kappa shape index (κ1) is 17.7. The van der Waals surface area contributed by atoms with Crippen molar-refractivity contribution in [1.82, 2.24) is 10.2 Å². The van der Waals surface area contributed by atoms with Crippen LogP contribution in [0, 0.1) is 0 Å². The molecule has 1 fully saturated rings. The van der Waals surface area contributed by atoms with Crippen LogP contribution < -0.4 is 10.1 Å². The number of likely N-dealkylation sites (N-methyl/N-ethyl adjacent to an activating group) is 1. The molecule has 2 N–H and O–H groups in total. The summed E-state index contributed by atoms with van der Waals surface area (Å²) < 4.78 is 10.6. The third-order valence-electron chi connectivity index (χ3n) is 4.58. The third-order valence-corrected chi connectivity index (χ3v) is 4.58. The summed E-state index contributed by atoms with van der Waals surface area (Å²) in [5, 5.41) is 12.7. The molecule has 1 heterocycles. The van der Waals surface area contributed by atoms with E-state index in [4.69, 9.17) is 9.47 Å². The number of benzene rings is 1. The van der Waals surface area contributed by atoms with E-state index in [1.54, 1.807) is 7.11 Å². The predicted octanol–water partition coefficient (Wildman–Crippen LogP) is 0.785. The normalized spacial score (nSPS) is 17.0. The summed E-state index contributed by atoms with van der Waals surface area (Å²) in [4.78, 5) is 14.2. The molecular weight excluding hydrogens is 296 g/mol. The smallest absolute Gasteiger partial charge is 0.234 e. The van der Waals surface area contributed by atoms with Gasteiger partial charge in [0, 0.05) is 30.9 Å². The number of nitrogens with zero attached hydrogens (tertiary/aromatic N) is 1. The van der Waals surface area contributed by atoms with Gasteiger partial charge >= 0.3 is 0 Å². The Morgan fingerprint density at radius 1 is 1.39 bits per heavy atom. The van der Waals surface area contributed by atoms with Crippen molar-refractivity contribution < 1.29 is 19.4 Å². The van der Waals surface area contributed by atoms with Gasteiger partial charge in [0.2, 0.25) is 5.91 Å². The van der Waals surface area contributed by atoms with Gasteiger partial charge in [0.25, 0.3) is 0 Å². The standard InChI is InChI=1S/C17H26N2O4/c1-19(17(13-20)7-9-23-10-8-17)12-16(21)18-11-14-5-3-4-6-15(14)22-2/h3-6,20H,7-13H2,1-2H3,(H,18,21). The fraction of sp³-hybridized carbons (Fsp3) is 0.588. The molecule has 23 heavy (non-hydrogen) atoms. The number of ether oxygens (including phenoxy) is 2. The molecule has 1 aliphatic heterocycles. The van der Waals surface area contributed by atoms with Gasteiger partial charge in [-0.05, 0) is 26.0 Å². The van der Waals surface area contributed by atoms with Crippen LogP contribution in [0.2, 0.25) is 0 Å². The maximum atomic E-state index is 12.2. The molecule has 0 bridgehead atoms. The highest BCUT2D eigenvalue weighted by Crippen LogP contribution is 2.26. The van der Waals surface area contributed by atoms with Crippen molar-refractivity contribution in [3.8, 4) is 5.75 Å². The largest absolute Gasteiger partial charge is 0.496 e. The van der Waals surface area contributed by atoms with E-state index in [2.05, 4.69) is 5.32 Å². The molecule has 128 valence electrons. The van der Waals surface area contributed by atoms with Gasteiger partial charge in [-0.1, -0.05) is 18.2 Å². The van der Waals surface area contributed by atoms with E-state index in [0.717, 1.165) is 24.2 Å². The van der Waals surface area contributed by atoms with Gasteiger partial charge in [-0.15, -0.1) is 0 Å². The summed E-state index contributed by atoms with van der Waals surface area (Å²) in [6.45, 7) is 1.94. The lowest BCUT2D eigenvalue weighted by atomic mass is 9.89. The fourth-order valence-corrected chi connectivity index (χ4v) is 2.89. The lowest BCUT2D eigenvalue weighted by Gasteiger charge is -2.42. The number of aliphatic hydroxyl groups is 1. The van der Waals surface area contributed by atoms with Crippen LogP contribution >= 0.6 is 0 Å². The van der Waals surface area contributed by atoms with Gasteiger partial charge < -0.3 is 19.9 Å². The van der Waals surface area contributed by atoms with Crippen LogP contribution in [0.15, 0.2) is 24.3 Å². The van der Waals surface area contributed by atoms with E-state index < -0.39 is 0 Å². The Bertz CT molecular complexity index is 515. The maximum absolute atomic E-state index is 12.2. The molecule has 0 atom stereocenters. The third kappa shape index (κ3) is 4.43. The van der Waals surface area contributed by atoms with E-state index in [-0.39, 0.29) is 24.6 Å². The number of hydrogen-bond donors (Lipinski definition) is 2. The van der Waals surface area contributed by atoms with E-state index in [1.165, 1.54) is 0 Å². The number of para-hydroxylation sites is 1. The summed E-state index contributed by atoms with van der Waals surface area (Å²) >= 11 is 0. The van der Waals surface area contributed by atoms with E-state index in [9.17, 15) is 9.90 Å². The van der Waals surface area contributed by atoms with Crippen molar-refractivity contribution in [1.29, 1.82) is 0 Å². The SMILES string of the molecule is COc1ccccc1CNC(=O)CN(C)C1(CO)CCOCC1. The molecule has 0 saturated carbocycles. The zero-order valence-corrected chi connectivity index (χ0v) is 13.9. The first-order valence-corrected chi connectivity index (χ1v) is 7.90. The number of methoxy groups -OCH3 is 1. The van der Waals surface area contributed by atoms with Crippen LogP contribution in [0.4, 0.5) is 0 Å². The molecule has 2 rings (SSSR count). The first-order valence-electron chi connectivity index (χ1n) is 7.90. The summed E-state index contributed by atoms with van der Waals surface area (Å²) in [5.74, 6) is 0.690. The topological polar surface area (TPSA) is 71.0 Å². The molecule has 0 aromatic heterocycles. The van der Waals surface area contributed by atoms with Crippen LogP contribution in [0.3, 0.4) is 0 Å². The Hall–Kier alpha value is -1.63. The summed E-state index contributed by atoms with van der Waals surface area (Å²) in [7, 11) is 3.49. The monoisotopic (exact) mass is 322 g/mol. The van der Waals surface area contributed by atoms with Gasteiger partial charge in [-0.3, -0.25) is 9.69 Å². The zero-order chi connectivity index (χ0) is 16.7. The molecule has 1 aliphatic rings. The number of hydrogen-bond acceptors (Lipinski definition) is 5. The highest BCUT2D eigenvalue weighted by molar-refractivity contribution is 5.78. The number of carbonyl (C=O) groups excluding carboxylic acids is 1. The van der Waals surface area contributed by atoms with Crippen LogP contribution in [-0.4, -0.2) is 62.0 Å². The van der Waals surface area contributed by atoms with Gasteiger partial charge in [-0.25, -0.2) is 0 Å². The summed E-state index contributed by atoms with van der Waals surface area (Å²) in [6, 6.07) is 7.61. The molecule has 1 aromatic carbocycles. The highest BCUT2D eigenvalue weighted by atomic mass is 16.5. The summed E-state index contributed by atoms with van der Waals surface area (Å²) in [5.41, 5.74) is 0.578. The van der Waals surface area contributed by atoms with Crippen molar-refractivity contribution in [3.63, 3.8) is 0 Å². The second-order valence-electron chi connectivity index (χ2n) is 5.94. The number of rotatable bonds is 7. The van der Waals surface area contributed by atoms with E-state index in [1.807, 2.05) is 36.2 Å². The van der Waals surface area contributed by atoms with E-state index >= 15 is 0 Å². The van der Waals surface area contributed by atoms with Crippen molar-refractivity contribution in [2.24, 2.45) is 0 Å². The van der Waals surface area contributed by atoms with Crippen LogP contribution in [-0.2, 0) is 16.1 Å². The number of carbonyl (C=O) groups is 1. The quantitative estimate of drug-likeness (QED) is 0.776. The van der Waals surface area contributed by atoms with E-state index in [0.29, 0.717) is 19.8 Å². The predicted molar refractivity (Wildman–Crippen MR) is 87.3 cm³/mol. The molecule has 0 unspecified atom stereocenters. The second kappa shape index (κ2) is 8.29. The number of aliphatic hydroxyl groups excluding tert-OH is 1.